The van der Waals surface area contributed by atoms with E-state index >= 15 is 0 Å². The van der Waals surface area contributed by atoms with Crippen molar-refractivity contribution < 1.29 is 14.6 Å². The molecule has 0 unspecified atom stereocenters. The minimum atomic E-state index is -0.907. The fourth-order valence-electron chi connectivity index (χ4n) is 0.841. The van der Waals surface area contributed by atoms with Gasteiger partial charge in [0.2, 0.25) is 0 Å². The summed E-state index contributed by atoms with van der Waals surface area (Å²) in [5.74, 6) is -0.465. The summed E-state index contributed by atoms with van der Waals surface area (Å²) in [6.07, 6.45) is -0.0566. The molecule has 4 N–H and O–H groups in total. The van der Waals surface area contributed by atoms with Crippen LogP contribution >= 0.6 is 23.2 Å². The predicted molar refractivity (Wildman–Crippen MR) is 59.2 cm³/mol. The molecule has 0 aliphatic carbocycles. The second kappa shape index (κ2) is 6.50. The average Bonchev–Trinajstić information content (AvgIpc) is 2.08. The van der Waals surface area contributed by atoms with E-state index in [4.69, 9.17) is 33.0 Å². The molecule has 4 nitrogen and oxygen atoms in total. The Hall–Kier alpha value is -0.970. The van der Waals surface area contributed by atoms with Crippen LogP contribution in [0.3, 0.4) is 0 Å². The molecule has 0 saturated carbocycles. The number of carbonyl (C=O) groups is 1. The second-order valence-electron chi connectivity index (χ2n) is 2.57. The minimum absolute atomic E-state index is 0. The Morgan fingerprint density at radius 2 is 2.07 bits per heavy atom. The summed E-state index contributed by atoms with van der Waals surface area (Å²) in [5.41, 5.74) is 0. The number of hydrogen-bond acceptors (Lipinski definition) is 3. The molecule has 0 aliphatic rings. The Balaban J connectivity index is 0.00000196. The van der Waals surface area contributed by atoms with Crippen molar-refractivity contribution in [1.82, 2.24) is 6.15 Å². The number of benzene rings is 1. The number of halogens is 2. The molecule has 1 rings (SSSR count). The first-order valence-corrected chi connectivity index (χ1v) is 4.65. The van der Waals surface area contributed by atoms with Gasteiger partial charge in [-0.05, 0) is 18.2 Å². The summed E-state index contributed by atoms with van der Waals surface area (Å²) in [6.45, 7) is 0.0939. The third-order valence-electron chi connectivity index (χ3n) is 1.47. The Morgan fingerprint density at radius 3 is 2.60 bits per heavy atom. The van der Waals surface area contributed by atoms with Crippen molar-refractivity contribution >= 4 is 29.2 Å². The highest BCUT2D eigenvalue weighted by Gasteiger charge is 2.03. The molecule has 0 aromatic heterocycles. The van der Waals surface area contributed by atoms with E-state index in [1.54, 1.807) is 18.2 Å². The SMILES string of the molecule is N.O=C(O)CCOc1ccc(Cl)cc1Cl. The first-order chi connectivity index (χ1) is 6.59. The molecule has 6 heteroatoms. The van der Waals surface area contributed by atoms with Gasteiger partial charge in [0, 0.05) is 5.02 Å². The minimum Gasteiger partial charge on any atom is -0.491 e. The van der Waals surface area contributed by atoms with Gasteiger partial charge < -0.3 is 16.0 Å². The van der Waals surface area contributed by atoms with Crippen molar-refractivity contribution in [2.45, 2.75) is 6.42 Å². The lowest BCUT2D eigenvalue weighted by atomic mass is 10.3. The van der Waals surface area contributed by atoms with Gasteiger partial charge in [0.1, 0.15) is 5.75 Å². The zero-order valence-corrected chi connectivity index (χ0v) is 9.38. The third kappa shape index (κ3) is 4.88. The maximum absolute atomic E-state index is 10.2. The van der Waals surface area contributed by atoms with Gasteiger partial charge in [-0.25, -0.2) is 0 Å². The van der Waals surface area contributed by atoms with Gasteiger partial charge in [-0.2, -0.15) is 0 Å². The summed E-state index contributed by atoms with van der Waals surface area (Å²) < 4.78 is 5.13. The molecule has 0 spiro atoms. The van der Waals surface area contributed by atoms with E-state index in [-0.39, 0.29) is 19.2 Å². The molecule has 0 heterocycles. The first-order valence-electron chi connectivity index (χ1n) is 3.89. The molecule has 0 saturated heterocycles. The lowest BCUT2D eigenvalue weighted by molar-refractivity contribution is -0.137. The van der Waals surface area contributed by atoms with Gasteiger partial charge in [0.15, 0.2) is 0 Å². The summed E-state index contributed by atoms with van der Waals surface area (Å²) in [4.78, 5) is 10.2. The van der Waals surface area contributed by atoms with Gasteiger partial charge in [-0.15, -0.1) is 0 Å². The Kier molecular flexibility index (Phi) is 6.08. The maximum atomic E-state index is 10.2. The zero-order chi connectivity index (χ0) is 10.6. The molecule has 84 valence electrons. The quantitative estimate of drug-likeness (QED) is 0.862. The lowest BCUT2D eigenvalue weighted by Gasteiger charge is -2.06. The van der Waals surface area contributed by atoms with E-state index in [1.165, 1.54) is 0 Å². The summed E-state index contributed by atoms with van der Waals surface area (Å²) >= 11 is 11.5. The Labute approximate surface area is 97.3 Å². The molecule has 0 radical (unpaired) electrons. The molecule has 15 heavy (non-hydrogen) atoms. The normalized spacial score (nSPS) is 9.20. The largest absolute Gasteiger partial charge is 0.491 e. The van der Waals surface area contributed by atoms with Crippen LogP contribution in [0.2, 0.25) is 10.0 Å². The van der Waals surface area contributed by atoms with Crippen molar-refractivity contribution in [1.29, 1.82) is 0 Å². The van der Waals surface area contributed by atoms with Gasteiger partial charge in [-0.1, -0.05) is 23.2 Å². The Morgan fingerprint density at radius 1 is 1.40 bits per heavy atom. The van der Waals surface area contributed by atoms with Crippen LogP contribution in [-0.4, -0.2) is 17.7 Å². The number of hydrogen-bond donors (Lipinski definition) is 2. The van der Waals surface area contributed by atoms with Gasteiger partial charge in [-0.3, -0.25) is 4.79 Å². The van der Waals surface area contributed by atoms with Crippen LogP contribution < -0.4 is 10.9 Å². The van der Waals surface area contributed by atoms with Crippen LogP contribution in [0.15, 0.2) is 18.2 Å². The van der Waals surface area contributed by atoms with Crippen molar-refractivity contribution in [2.75, 3.05) is 6.61 Å². The molecular formula is C9H11Cl2NO3. The highest BCUT2D eigenvalue weighted by Crippen LogP contribution is 2.27. The topological polar surface area (TPSA) is 81.5 Å². The molecule has 0 atom stereocenters. The Bertz CT molecular complexity index is 344. The molecule has 1 aromatic carbocycles. The number of carboxylic acid groups (broad SMARTS) is 1. The highest BCUT2D eigenvalue weighted by atomic mass is 35.5. The number of ether oxygens (including phenoxy) is 1. The number of rotatable bonds is 4. The lowest BCUT2D eigenvalue weighted by Crippen LogP contribution is -2.04. The van der Waals surface area contributed by atoms with E-state index in [0.717, 1.165) is 0 Å². The van der Waals surface area contributed by atoms with E-state index in [1.807, 2.05) is 0 Å². The summed E-state index contributed by atoms with van der Waals surface area (Å²) in [5, 5.41) is 9.26. The van der Waals surface area contributed by atoms with E-state index in [0.29, 0.717) is 15.8 Å². The van der Waals surface area contributed by atoms with E-state index < -0.39 is 5.97 Å². The fraction of sp³-hybridized carbons (Fsp3) is 0.222. The number of aliphatic carboxylic acids is 1. The van der Waals surface area contributed by atoms with Crippen LogP contribution in [0.1, 0.15) is 6.42 Å². The molecule has 0 bridgehead atoms. The smallest absolute Gasteiger partial charge is 0.306 e. The standard InChI is InChI=1S/C9H8Cl2O3.H3N/c10-6-1-2-8(7(11)5-6)14-4-3-9(12)13;/h1-2,5H,3-4H2,(H,12,13);1H3. The van der Waals surface area contributed by atoms with E-state index in [9.17, 15) is 4.79 Å². The first kappa shape index (κ1) is 14.0. The third-order valence-corrected chi connectivity index (χ3v) is 2.00. The van der Waals surface area contributed by atoms with Gasteiger partial charge in [0.25, 0.3) is 0 Å². The van der Waals surface area contributed by atoms with Crippen molar-refractivity contribution in [3.8, 4) is 5.75 Å². The predicted octanol–water partition coefficient (Wildman–Crippen LogP) is 3.01. The zero-order valence-electron chi connectivity index (χ0n) is 7.87. The monoisotopic (exact) mass is 251 g/mol. The van der Waals surface area contributed by atoms with Crippen LogP contribution in [0.25, 0.3) is 0 Å². The van der Waals surface area contributed by atoms with Crippen molar-refractivity contribution in [2.24, 2.45) is 0 Å². The molecule has 0 fully saturated rings. The summed E-state index contributed by atoms with van der Waals surface area (Å²) in [7, 11) is 0. The van der Waals surface area contributed by atoms with Gasteiger partial charge in [0.05, 0.1) is 18.1 Å². The summed E-state index contributed by atoms with van der Waals surface area (Å²) in [6, 6.07) is 4.77. The van der Waals surface area contributed by atoms with Crippen molar-refractivity contribution in [3.63, 3.8) is 0 Å². The maximum Gasteiger partial charge on any atom is 0.306 e. The molecule has 1 aromatic rings. The fourth-order valence-corrected chi connectivity index (χ4v) is 1.30. The molecule has 0 aliphatic heterocycles. The van der Waals surface area contributed by atoms with Crippen LogP contribution in [0.5, 0.6) is 5.75 Å². The van der Waals surface area contributed by atoms with Gasteiger partial charge >= 0.3 is 5.97 Å². The average molecular weight is 252 g/mol. The van der Waals surface area contributed by atoms with Crippen LogP contribution in [-0.2, 0) is 4.79 Å². The van der Waals surface area contributed by atoms with Crippen LogP contribution in [0.4, 0.5) is 0 Å². The van der Waals surface area contributed by atoms with Crippen molar-refractivity contribution in [3.05, 3.63) is 28.2 Å². The molecular weight excluding hydrogens is 241 g/mol. The van der Waals surface area contributed by atoms with E-state index in [2.05, 4.69) is 0 Å². The van der Waals surface area contributed by atoms with Crippen LogP contribution in [0, 0.1) is 0 Å². The molecule has 0 amide bonds. The second-order valence-corrected chi connectivity index (χ2v) is 3.41. The number of carboxylic acids is 1. The highest BCUT2D eigenvalue weighted by molar-refractivity contribution is 6.35.